The fourth-order valence-corrected chi connectivity index (χ4v) is 1.49. The Morgan fingerprint density at radius 2 is 2.21 bits per heavy atom. The summed E-state index contributed by atoms with van der Waals surface area (Å²) in [5.41, 5.74) is 4.71. The van der Waals surface area contributed by atoms with E-state index < -0.39 is 5.54 Å². The van der Waals surface area contributed by atoms with E-state index in [9.17, 15) is 4.79 Å². The number of nitrogens with two attached hydrogens (primary N) is 1. The van der Waals surface area contributed by atoms with Crippen LogP contribution in [-0.2, 0) is 4.79 Å². The molecule has 0 aromatic carbocycles. The molecular formula is C10H20N2O2. The molecule has 1 saturated carbocycles. The summed E-state index contributed by atoms with van der Waals surface area (Å²) in [4.78, 5) is 11.7. The molecule has 0 aliphatic heterocycles. The normalized spacial score (nSPS) is 22.6. The van der Waals surface area contributed by atoms with Crippen molar-refractivity contribution >= 4 is 5.91 Å². The Balaban J connectivity index is 2.49. The molecule has 1 atom stereocenters. The number of aliphatic hydroxyl groups excluding tert-OH is 1. The number of rotatable bonds is 5. The van der Waals surface area contributed by atoms with Gasteiger partial charge in [0.15, 0.2) is 0 Å². The number of amides is 1. The molecule has 14 heavy (non-hydrogen) atoms. The summed E-state index contributed by atoms with van der Waals surface area (Å²) in [5, 5.41) is 11.9. The molecule has 0 aromatic heterocycles. The molecule has 1 amide bonds. The minimum atomic E-state index is -0.806. The lowest BCUT2D eigenvalue weighted by Gasteiger charge is -2.26. The van der Waals surface area contributed by atoms with Crippen LogP contribution >= 0.6 is 0 Å². The van der Waals surface area contributed by atoms with Gasteiger partial charge in [-0.05, 0) is 26.2 Å². The van der Waals surface area contributed by atoms with Gasteiger partial charge in [-0.1, -0.05) is 13.3 Å². The zero-order valence-corrected chi connectivity index (χ0v) is 8.97. The van der Waals surface area contributed by atoms with Crippen molar-refractivity contribution in [3.63, 3.8) is 0 Å². The van der Waals surface area contributed by atoms with E-state index in [0.717, 1.165) is 19.3 Å². The maximum atomic E-state index is 11.7. The molecule has 1 aliphatic rings. The molecule has 82 valence electrons. The van der Waals surface area contributed by atoms with Gasteiger partial charge in [-0.2, -0.15) is 0 Å². The Labute approximate surface area is 84.9 Å². The summed E-state index contributed by atoms with van der Waals surface area (Å²) >= 11 is 0. The summed E-state index contributed by atoms with van der Waals surface area (Å²) in [5.74, 6) is -0.147. The maximum Gasteiger partial charge on any atom is 0.240 e. The lowest BCUT2D eigenvalue weighted by atomic mass is 9.96. The van der Waals surface area contributed by atoms with Crippen LogP contribution in [0.4, 0.5) is 0 Å². The van der Waals surface area contributed by atoms with E-state index in [1.54, 1.807) is 6.92 Å². The first-order valence-corrected chi connectivity index (χ1v) is 5.18. The van der Waals surface area contributed by atoms with Gasteiger partial charge < -0.3 is 16.2 Å². The molecule has 1 fully saturated rings. The van der Waals surface area contributed by atoms with Crippen LogP contribution in [0.3, 0.4) is 0 Å². The van der Waals surface area contributed by atoms with Gasteiger partial charge in [0.25, 0.3) is 0 Å². The quantitative estimate of drug-likeness (QED) is 0.591. The van der Waals surface area contributed by atoms with Crippen LogP contribution in [0.5, 0.6) is 0 Å². The predicted molar refractivity (Wildman–Crippen MR) is 54.7 cm³/mol. The van der Waals surface area contributed by atoms with Gasteiger partial charge in [0.2, 0.25) is 5.91 Å². The van der Waals surface area contributed by atoms with E-state index in [0.29, 0.717) is 6.42 Å². The Bertz CT molecular complexity index is 222. The zero-order chi connectivity index (χ0) is 10.8. The second kappa shape index (κ2) is 3.87. The number of carbonyl (C=O) groups is 1. The largest absolute Gasteiger partial charge is 0.394 e. The molecule has 4 nitrogen and oxygen atoms in total. The van der Waals surface area contributed by atoms with Gasteiger partial charge >= 0.3 is 0 Å². The van der Waals surface area contributed by atoms with Crippen LogP contribution < -0.4 is 11.1 Å². The Morgan fingerprint density at radius 1 is 1.64 bits per heavy atom. The topological polar surface area (TPSA) is 75.4 Å². The lowest BCUT2D eigenvalue weighted by Crippen LogP contribution is -2.55. The maximum absolute atomic E-state index is 11.7. The van der Waals surface area contributed by atoms with Crippen molar-refractivity contribution in [2.75, 3.05) is 6.61 Å². The number of hydrogen-bond acceptors (Lipinski definition) is 3. The molecule has 4 heteroatoms. The molecule has 0 heterocycles. The number of carbonyl (C=O) groups excluding carboxylic acids is 1. The van der Waals surface area contributed by atoms with Gasteiger partial charge in [-0.15, -0.1) is 0 Å². The lowest BCUT2D eigenvalue weighted by molar-refractivity contribution is -0.127. The highest BCUT2D eigenvalue weighted by Gasteiger charge is 2.45. The average Bonchev–Trinajstić information content (AvgIpc) is 2.85. The summed E-state index contributed by atoms with van der Waals surface area (Å²) in [6.07, 6.45) is 3.27. The summed E-state index contributed by atoms with van der Waals surface area (Å²) in [6.45, 7) is 3.75. The third-order valence-corrected chi connectivity index (χ3v) is 2.82. The van der Waals surface area contributed by atoms with Crippen LogP contribution in [0, 0.1) is 0 Å². The van der Waals surface area contributed by atoms with E-state index >= 15 is 0 Å². The van der Waals surface area contributed by atoms with Gasteiger partial charge in [-0.25, -0.2) is 0 Å². The fourth-order valence-electron chi connectivity index (χ4n) is 1.49. The van der Waals surface area contributed by atoms with E-state index in [4.69, 9.17) is 10.8 Å². The molecular weight excluding hydrogens is 180 g/mol. The van der Waals surface area contributed by atoms with Gasteiger partial charge in [0.1, 0.15) is 0 Å². The molecule has 0 saturated heterocycles. The summed E-state index contributed by atoms with van der Waals surface area (Å²) in [7, 11) is 0. The summed E-state index contributed by atoms with van der Waals surface area (Å²) in [6, 6.07) is 0. The third-order valence-electron chi connectivity index (χ3n) is 2.82. The standard InChI is InChI=1S/C10H20N2O2/c1-3-4-9(2,11)8(14)12-10(7-13)5-6-10/h13H,3-7,11H2,1-2H3,(H,12,14). The Morgan fingerprint density at radius 3 is 2.57 bits per heavy atom. The van der Waals surface area contributed by atoms with Crippen molar-refractivity contribution in [3.8, 4) is 0 Å². The van der Waals surface area contributed by atoms with E-state index in [1.807, 2.05) is 6.92 Å². The second-order valence-corrected chi connectivity index (χ2v) is 4.56. The van der Waals surface area contributed by atoms with Gasteiger partial charge in [0.05, 0.1) is 17.7 Å². The van der Waals surface area contributed by atoms with Crippen molar-refractivity contribution in [1.82, 2.24) is 5.32 Å². The van der Waals surface area contributed by atoms with Crippen LogP contribution in [0.15, 0.2) is 0 Å². The van der Waals surface area contributed by atoms with Gasteiger partial charge in [0, 0.05) is 0 Å². The monoisotopic (exact) mass is 200 g/mol. The summed E-state index contributed by atoms with van der Waals surface area (Å²) < 4.78 is 0. The zero-order valence-electron chi connectivity index (χ0n) is 8.97. The van der Waals surface area contributed by atoms with Crippen LogP contribution in [0.2, 0.25) is 0 Å². The molecule has 1 rings (SSSR count). The van der Waals surface area contributed by atoms with E-state index in [2.05, 4.69) is 5.32 Å². The first-order chi connectivity index (χ1) is 6.46. The van der Waals surface area contributed by atoms with Crippen LogP contribution in [-0.4, -0.2) is 28.7 Å². The molecule has 1 unspecified atom stereocenters. The van der Waals surface area contributed by atoms with Crippen molar-refractivity contribution < 1.29 is 9.90 Å². The molecule has 0 spiro atoms. The second-order valence-electron chi connectivity index (χ2n) is 4.56. The number of aliphatic hydroxyl groups is 1. The van der Waals surface area contributed by atoms with Crippen LogP contribution in [0.1, 0.15) is 39.5 Å². The van der Waals surface area contributed by atoms with Crippen molar-refractivity contribution in [3.05, 3.63) is 0 Å². The van der Waals surface area contributed by atoms with Crippen LogP contribution in [0.25, 0.3) is 0 Å². The highest BCUT2D eigenvalue weighted by molar-refractivity contribution is 5.86. The smallest absolute Gasteiger partial charge is 0.240 e. The van der Waals surface area contributed by atoms with Crippen molar-refractivity contribution in [2.24, 2.45) is 5.73 Å². The predicted octanol–water partition coefficient (Wildman–Crippen LogP) is 0.145. The first kappa shape index (κ1) is 11.5. The molecule has 0 bridgehead atoms. The first-order valence-electron chi connectivity index (χ1n) is 5.18. The molecule has 4 N–H and O–H groups in total. The minimum absolute atomic E-state index is 0.0148. The minimum Gasteiger partial charge on any atom is -0.394 e. The van der Waals surface area contributed by atoms with Crippen molar-refractivity contribution in [1.29, 1.82) is 0 Å². The SMILES string of the molecule is CCCC(C)(N)C(=O)NC1(CO)CC1. The Kier molecular flexibility index (Phi) is 3.17. The number of hydrogen-bond donors (Lipinski definition) is 3. The van der Waals surface area contributed by atoms with E-state index in [1.165, 1.54) is 0 Å². The molecule has 1 aliphatic carbocycles. The average molecular weight is 200 g/mol. The molecule has 0 radical (unpaired) electrons. The fraction of sp³-hybridized carbons (Fsp3) is 0.900. The number of nitrogens with one attached hydrogen (secondary N) is 1. The van der Waals surface area contributed by atoms with Gasteiger partial charge in [-0.3, -0.25) is 4.79 Å². The molecule has 0 aromatic rings. The van der Waals surface area contributed by atoms with E-state index in [-0.39, 0.29) is 18.1 Å². The highest BCUT2D eigenvalue weighted by atomic mass is 16.3. The Hall–Kier alpha value is -0.610. The van der Waals surface area contributed by atoms with Crippen molar-refractivity contribution in [2.45, 2.75) is 50.6 Å². The highest BCUT2D eigenvalue weighted by Crippen LogP contribution is 2.35. The third kappa shape index (κ3) is 2.45.